The van der Waals surface area contributed by atoms with Crippen LogP contribution in [0.2, 0.25) is 0 Å². The summed E-state index contributed by atoms with van der Waals surface area (Å²) in [6.07, 6.45) is 0. The topological polar surface area (TPSA) is 34.0 Å². The van der Waals surface area contributed by atoms with Crippen LogP contribution in [0, 0.1) is 5.82 Å². The smallest absolute Gasteiger partial charge is 0.268 e. The normalized spacial score (nSPS) is 11.8. The predicted octanol–water partition coefficient (Wildman–Crippen LogP) is 2.85. The zero-order valence-corrected chi connectivity index (χ0v) is 11.0. The Hall–Kier alpha value is -1.84. The van der Waals surface area contributed by atoms with Crippen LogP contribution in [0.25, 0.3) is 10.9 Å². The van der Waals surface area contributed by atoms with Gasteiger partial charge in [0.1, 0.15) is 11.5 Å². The van der Waals surface area contributed by atoms with E-state index >= 15 is 0 Å². The maximum absolute atomic E-state index is 13.6. The Bertz CT molecular complexity index is 608. The molecule has 1 aromatic heterocycles. The largest absolute Gasteiger partial charge is 0.346 e. The summed E-state index contributed by atoms with van der Waals surface area (Å²) < 4.78 is 15.3. The molecule has 1 aromatic carbocycles. The SMILES string of the molecule is Cn1c(C(=O)NC(C)(C)C)cc2c(F)cccc21. The maximum atomic E-state index is 13.6. The van der Waals surface area contributed by atoms with Gasteiger partial charge in [-0.1, -0.05) is 6.07 Å². The molecule has 2 aromatic rings. The molecule has 0 aliphatic heterocycles. The summed E-state index contributed by atoms with van der Waals surface area (Å²) in [5.41, 5.74) is 0.866. The van der Waals surface area contributed by atoms with Crippen molar-refractivity contribution in [1.82, 2.24) is 9.88 Å². The first-order valence-electron chi connectivity index (χ1n) is 5.86. The molecule has 0 unspecified atom stereocenters. The predicted molar refractivity (Wildman–Crippen MR) is 70.1 cm³/mol. The number of nitrogens with one attached hydrogen (secondary N) is 1. The number of benzene rings is 1. The van der Waals surface area contributed by atoms with Crippen LogP contribution in [0.15, 0.2) is 24.3 Å². The Labute approximate surface area is 106 Å². The minimum atomic E-state index is -0.313. The fourth-order valence-electron chi connectivity index (χ4n) is 1.95. The molecule has 2 rings (SSSR count). The van der Waals surface area contributed by atoms with E-state index in [0.717, 1.165) is 0 Å². The van der Waals surface area contributed by atoms with Crippen LogP contribution in [-0.4, -0.2) is 16.0 Å². The Morgan fingerprint density at radius 1 is 1.33 bits per heavy atom. The Morgan fingerprint density at radius 2 is 2.00 bits per heavy atom. The van der Waals surface area contributed by atoms with Gasteiger partial charge in [-0.05, 0) is 39.0 Å². The molecule has 1 heterocycles. The molecule has 0 fully saturated rings. The molecular weight excluding hydrogens is 231 g/mol. The van der Waals surface area contributed by atoms with Crippen LogP contribution in [0.4, 0.5) is 4.39 Å². The minimum Gasteiger partial charge on any atom is -0.346 e. The van der Waals surface area contributed by atoms with Crippen molar-refractivity contribution in [3.05, 3.63) is 35.8 Å². The van der Waals surface area contributed by atoms with E-state index in [4.69, 9.17) is 0 Å². The molecule has 0 atom stereocenters. The second-order valence-corrected chi connectivity index (χ2v) is 5.47. The van der Waals surface area contributed by atoms with Gasteiger partial charge in [0.2, 0.25) is 0 Å². The lowest BCUT2D eigenvalue weighted by molar-refractivity contribution is 0.0911. The quantitative estimate of drug-likeness (QED) is 0.827. The summed E-state index contributed by atoms with van der Waals surface area (Å²) in [5, 5.41) is 3.35. The number of rotatable bonds is 1. The lowest BCUT2D eigenvalue weighted by Gasteiger charge is -2.20. The highest BCUT2D eigenvalue weighted by Crippen LogP contribution is 2.21. The van der Waals surface area contributed by atoms with Crippen molar-refractivity contribution in [3.8, 4) is 0 Å². The van der Waals surface area contributed by atoms with E-state index in [2.05, 4.69) is 5.32 Å². The van der Waals surface area contributed by atoms with E-state index in [9.17, 15) is 9.18 Å². The molecule has 18 heavy (non-hydrogen) atoms. The average Bonchev–Trinajstić information content (AvgIpc) is 2.56. The van der Waals surface area contributed by atoms with Crippen molar-refractivity contribution in [2.24, 2.45) is 7.05 Å². The highest BCUT2D eigenvalue weighted by atomic mass is 19.1. The fourth-order valence-corrected chi connectivity index (χ4v) is 1.95. The van der Waals surface area contributed by atoms with E-state index < -0.39 is 0 Å². The van der Waals surface area contributed by atoms with Crippen molar-refractivity contribution in [1.29, 1.82) is 0 Å². The number of carbonyl (C=O) groups is 1. The monoisotopic (exact) mass is 248 g/mol. The van der Waals surface area contributed by atoms with Crippen molar-refractivity contribution < 1.29 is 9.18 Å². The van der Waals surface area contributed by atoms with Crippen LogP contribution in [0.5, 0.6) is 0 Å². The zero-order chi connectivity index (χ0) is 13.5. The number of fused-ring (bicyclic) bond motifs is 1. The van der Waals surface area contributed by atoms with E-state index in [1.54, 1.807) is 29.8 Å². The molecule has 96 valence electrons. The summed E-state index contributed by atoms with van der Waals surface area (Å²) in [6.45, 7) is 5.73. The lowest BCUT2D eigenvalue weighted by Crippen LogP contribution is -2.41. The molecule has 0 saturated heterocycles. The molecule has 3 nitrogen and oxygen atoms in total. The van der Waals surface area contributed by atoms with Gasteiger partial charge in [0.15, 0.2) is 0 Å². The number of hydrogen-bond acceptors (Lipinski definition) is 1. The number of amides is 1. The number of halogens is 1. The van der Waals surface area contributed by atoms with Gasteiger partial charge in [-0.2, -0.15) is 0 Å². The summed E-state index contributed by atoms with van der Waals surface area (Å²) >= 11 is 0. The standard InChI is InChI=1S/C14H17FN2O/c1-14(2,3)16-13(18)12-8-9-10(15)6-5-7-11(9)17(12)4/h5-8H,1-4H3,(H,16,18). The first-order chi connectivity index (χ1) is 8.29. The summed E-state index contributed by atoms with van der Waals surface area (Å²) in [7, 11) is 1.76. The van der Waals surface area contributed by atoms with Crippen molar-refractivity contribution in [2.45, 2.75) is 26.3 Å². The van der Waals surface area contributed by atoms with Crippen molar-refractivity contribution >= 4 is 16.8 Å². The van der Waals surface area contributed by atoms with E-state index in [-0.39, 0.29) is 17.3 Å². The van der Waals surface area contributed by atoms with E-state index in [1.165, 1.54) is 6.07 Å². The number of carbonyl (C=O) groups excluding carboxylic acids is 1. The van der Waals surface area contributed by atoms with E-state index in [0.29, 0.717) is 16.6 Å². The molecule has 0 saturated carbocycles. The molecule has 0 radical (unpaired) electrons. The summed E-state index contributed by atoms with van der Waals surface area (Å²) in [4.78, 5) is 12.1. The van der Waals surface area contributed by atoms with Crippen LogP contribution in [0.3, 0.4) is 0 Å². The van der Waals surface area contributed by atoms with Crippen LogP contribution in [-0.2, 0) is 7.05 Å². The van der Waals surface area contributed by atoms with Gasteiger partial charge in [0.05, 0.1) is 5.52 Å². The number of aromatic nitrogens is 1. The molecule has 0 bridgehead atoms. The van der Waals surface area contributed by atoms with Gasteiger partial charge in [0.25, 0.3) is 5.91 Å². The molecule has 0 aliphatic rings. The maximum Gasteiger partial charge on any atom is 0.268 e. The zero-order valence-electron chi connectivity index (χ0n) is 11.0. The molecule has 0 aliphatic carbocycles. The first-order valence-corrected chi connectivity index (χ1v) is 5.86. The van der Waals surface area contributed by atoms with Crippen LogP contribution < -0.4 is 5.32 Å². The third kappa shape index (κ3) is 2.23. The lowest BCUT2D eigenvalue weighted by atomic mass is 10.1. The minimum absolute atomic E-state index is 0.194. The van der Waals surface area contributed by atoms with Gasteiger partial charge in [-0.15, -0.1) is 0 Å². The summed E-state index contributed by atoms with van der Waals surface area (Å²) in [6, 6.07) is 6.43. The second kappa shape index (κ2) is 4.12. The molecule has 0 spiro atoms. The highest BCUT2D eigenvalue weighted by Gasteiger charge is 2.19. The van der Waals surface area contributed by atoms with Crippen LogP contribution >= 0.6 is 0 Å². The Kier molecular flexibility index (Phi) is 2.89. The number of hydrogen-bond donors (Lipinski definition) is 1. The fraction of sp³-hybridized carbons (Fsp3) is 0.357. The van der Waals surface area contributed by atoms with Crippen molar-refractivity contribution in [2.75, 3.05) is 0 Å². The highest BCUT2D eigenvalue weighted by molar-refractivity contribution is 5.99. The molecule has 1 amide bonds. The average molecular weight is 248 g/mol. The van der Waals surface area contributed by atoms with Gasteiger partial charge in [-0.25, -0.2) is 4.39 Å². The third-order valence-corrected chi connectivity index (χ3v) is 2.75. The third-order valence-electron chi connectivity index (χ3n) is 2.75. The molecule has 4 heteroatoms. The van der Waals surface area contributed by atoms with Gasteiger partial charge >= 0.3 is 0 Å². The Morgan fingerprint density at radius 3 is 2.56 bits per heavy atom. The Balaban J connectivity index is 2.50. The van der Waals surface area contributed by atoms with Gasteiger partial charge in [0, 0.05) is 18.0 Å². The second-order valence-electron chi connectivity index (χ2n) is 5.47. The number of aryl methyl sites for hydroxylation is 1. The number of nitrogens with zero attached hydrogens (tertiary/aromatic N) is 1. The van der Waals surface area contributed by atoms with Gasteiger partial charge < -0.3 is 9.88 Å². The summed E-state index contributed by atoms with van der Waals surface area (Å²) in [5.74, 6) is -0.501. The van der Waals surface area contributed by atoms with Gasteiger partial charge in [-0.3, -0.25) is 4.79 Å². The van der Waals surface area contributed by atoms with E-state index in [1.807, 2.05) is 20.8 Å². The van der Waals surface area contributed by atoms with Crippen molar-refractivity contribution in [3.63, 3.8) is 0 Å². The van der Waals surface area contributed by atoms with Crippen LogP contribution in [0.1, 0.15) is 31.3 Å². The molecular formula is C14H17FN2O. The first kappa shape index (κ1) is 12.6. The molecule has 1 N–H and O–H groups in total.